The summed E-state index contributed by atoms with van der Waals surface area (Å²) in [7, 11) is 0. The minimum absolute atomic E-state index is 0.0936. The maximum Gasteiger partial charge on any atom is 0.341 e. The molecule has 0 unspecified atom stereocenters. The lowest BCUT2D eigenvalue weighted by atomic mass is 10.0. The fourth-order valence-corrected chi connectivity index (χ4v) is 1.07. The van der Waals surface area contributed by atoms with Crippen molar-refractivity contribution in [3.8, 4) is 0 Å². The van der Waals surface area contributed by atoms with Crippen LogP contribution in [0.5, 0.6) is 0 Å². The van der Waals surface area contributed by atoms with Crippen molar-refractivity contribution in [2.24, 2.45) is 0 Å². The van der Waals surface area contributed by atoms with Crippen molar-refractivity contribution in [2.75, 3.05) is 13.2 Å². The summed E-state index contributed by atoms with van der Waals surface area (Å²) in [5.41, 5.74) is 0.0936. The summed E-state index contributed by atoms with van der Waals surface area (Å²) in [6.45, 7) is 3.69. The third-order valence-electron chi connectivity index (χ3n) is 1.77. The summed E-state index contributed by atoms with van der Waals surface area (Å²) in [5, 5.41) is 0. The van der Waals surface area contributed by atoms with Crippen molar-refractivity contribution in [1.82, 2.24) is 0 Å². The van der Waals surface area contributed by atoms with E-state index in [1.807, 2.05) is 0 Å². The van der Waals surface area contributed by atoms with Gasteiger partial charge in [0, 0.05) is 6.42 Å². The zero-order valence-corrected chi connectivity index (χ0v) is 8.27. The van der Waals surface area contributed by atoms with Crippen LogP contribution in [0, 0.1) is 0 Å². The molecule has 0 radical (unpaired) electrons. The van der Waals surface area contributed by atoms with Crippen molar-refractivity contribution in [3.63, 3.8) is 0 Å². The number of hydrogen-bond donors (Lipinski definition) is 0. The molecular formula is C11H12O4. The number of hydrogen-bond acceptors (Lipinski definition) is 4. The van der Waals surface area contributed by atoms with Gasteiger partial charge >= 0.3 is 5.97 Å². The van der Waals surface area contributed by atoms with Gasteiger partial charge in [-0.15, -0.1) is 0 Å². The molecule has 0 N–H and O–H groups in total. The standard InChI is InChI=1S/C11H12O4/c1-2-14-7-8-15-11(13)9-5-3-4-6-10(9)12/h2-5H,1,6-8H2. The first-order valence-corrected chi connectivity index (χ1v) is 4.55. The van der Waals surface area contributed by atoms with E-state index >= 15 is 0 Å². The second-order valence-corrected chi connectivity index (χ2v) is 2.81. The molecule has 4 heteroatoms. The molecular weight excluding hydrogens is 196 g/mol. The Hall–Kier alpha value is -1.84. The fraction of sp³-hybridized carbons (Fsp3) is 0.273. The number of carbonyl (C=O) groups excluding carboxylic acids is 2. The van der Waals surface area contributed by atoms with Crippen LogP contribution in [0.3, 0.4) is 0 Å². The normalized spacial score (nSPS) is 14.4. The third-order valence-corrected chi connectivity index (χ3v) is 1.77. The first kappa shape index (κ1) is 11.2. The summed E-state index contributed by atoms with van der Waals surface area (Å²) in [4.78, 5) is 22.6. The average Bonchev–Trinajstić information content (AvgIpc) is 2.25. The molecule has 0 aliphatic heterocycles. The smallest absolute Gasteiger partial charge is 0.341 e. The zero-order chi connectivity index (χ0) is 11.1. The van der Waals surface area contributed by atoms with E-state index in [0.29, 0.717) is 0 Å². The lowest BCUT2D eigenvalue weighted by Crippen LogP contribution is -2.18. The fourth-order valence-electron chi connectivity index (χ4n) is 1.07. The molecule has 0 spiro atoms. The lowest BCUT2D eigenvalue weighted by Gasteiger charge is -2.07. The summed E-state index contributed by atoms with van der Waals surface area (Å²) in [5.74, 6) is -0.816. The van der Waals surface area contributed by atoms with Crippen LogP contribution in [0.1, 0.15) is 6.42 Å². The van der Waals surface area contributed by atoms with Gasteiger partial charge in [-0.05, 0) is 6.08 Å². The molecule has 4 nitrogen and oxygen atoms in total. The van der Waals surface area contributed by atoms with Gasteiger partial charge in [-0.1, -0.05) is 18.7 Å². The largest absolute Gasteiger partial charge is 0.498 e. The van der Waals surface area contributed by atoms with Crippen molar-refractivity contribution in [2.45, 2.75) is 6.42 Å². The van der Waals surface area contributed by atoms with Gasteiger partial charge in [0.05, 0.1) is 6.26 Å². The van der Waals surface area contributed by atoms with Gasteiger partial charge < -0.3 is 9.47 Å². The minimum Gasteiger partial charge on any atom is -0.498 e. The quantitative estimate of drug-likeness (QED) is 0.294. The predicted molar refractivity (Wildman–Crippen MR) is 54.0 cm³/mol. The first-order chi connectivity index (χ1) is 7.25. The van der Waals surface area contributed by atoms with Crippen molar-refractivity contribution >= 4 is 11.8 Å². The number of ether oxygens (including phenoxy) is 2. The van der Waals surface area contributed by atoms with Crippen LogP contribution in [-0.4, -0.2) is 25.0 Å². The van der Waals surface area contributed by atoms with E-state index in [1.54, 1.807) is 12.2 Å². The molecule has 1 rings (SSSR count). The van der Waals surface area contributed by atoms with E-state index in [1.165, 1.54) is 12.3 Å². The number of ketones is 1. The van der Waals surface area contributed by atoms with Gasteiger partial charge in [0.1, 0.15) is 18.8 Å². The third kappa shape index (κ3) is 3.42. The molecule has 0 aromatic heterocycles. The van der Waals surface area contributed by atoms with E-state index in [2.05, 4.69) is 6.58 Å². The Bertz CT molecular complexity index is 325. The Kier molecular flexibility index (Phi) is 4.34. The van der Waals surface area contributed by atoms with Gasteiger partial charge in [-0.25, -0.2) is 4.79 Å². The highest BCUT2D eigenvalue weighted by Crippen LogP contribution is 2.09. The van der Waals surface area contributed by atoms with E-state index < -0.39 is 5.97 Å². The monoisotopic (exact) mass is 208 g/mol. The van der Waals surface area contributed by atoms with Crippen LogP contribution >= 0.6 is 0 Å². The van der Waals surface area contributed by atoms with Crippen LogP contribution in [0.4, 0.5) is 0 Å². The molecule has 80 valence electrons. The Morgan fingerprint density at radius 3 is 3.00 bits per heavy atom. The van der Waals surface area contributed by atoms with Gasteiger partial charge in [0.15, 0.2) is 5.78 Å². The van der Waals surface area contributed by atoms with Crippen molar-refractivity contribution < 1.29 is 19.1 Å². The number of rotatable bonds is 5. The molecule has 0 atom stereocenters. The van der Waals surface area contributed by atoms with Crippen LogP contribution in [0.25, 0.3) is 0 Å². The summed E-state index contributed by atoms with van der Waals surface area (Å²) >= 11 is 0. The van der Waals surface area contributed by atoms with Gasteiger partial charge in [-0.3, -0.25) is 4.79 Å². The van der Waals surface area contributed by atoms with Crippen LogP contribution < -0.4 is 0 Å². The molecule has 15 heavy (non-hydrogen) atoms. The van der Waals surface area contributed by atoms with Gasteiger partial charge in [-0.2, -0.15) is 0 Å². The Balaban J connectivity index is 2.39. The lowest BCUT2D eigenvalue weighted by molar-refractivity contribution is -0.141. The maximum absolute atomic E-state index is 11.3. The first-order valence-electron chi connectivity index (χ1n) is 4.55. The maximum atomic E-state index is 11.3. The summed E-state index contributed by atoms with van der Waals surface area (Å²) in [6, 6.07) is 0. The zero-order valence-electron chi connectivity index (χ0n) is 8.27. The van der Waals surface area contributed by atoms with E-state index in [0.717, 1.165) is 0 Å². The number of Topliss-reactive ketones (excluding diaryl/α,β-unsaturated/α-hetero) is 1. The number of carbonyl (C=O) groups is 2. The molecule has 0 bridgehead atoms. The van der Waals surface area contributed by atoms with Crippen LogP contribution in [0.15, 0.2) is 36.6 Å². The highest BCUT2D eigenvalue weighted by molar-refractivity contribution is 6.18. The topological polar surface area (TPSA) is 52.6 Å². The van der Waals surface area contributed by atoms with Crippen LogP contribution in [-0.2, 0) is 19.1 Å². The molecule has 0 amide bonds. The molecule has 1 aliphatic rings. The summed E-state index contributed by atoms with van der Waals surface area (Å²) in [6.07, 6.45) is 6.34. The average molecular weight is 208 g/mol. The highest BCUT2D eigenvalue weighted by Gasteiger charge is 2.19. The van der Waals surface area contributed by atoms with E-state index in [4.69, 9.17) is 9.47 Å². The van der Waals surface area contributed by atoms with Crippen molar-refractivity contribution in [3.05, 3.63) is 36.6 Å². The molecule has 0 heterocycles. The highest BCUT2D eigenvalue weighted by atomic mass is 16.6. The second-order valence-electron chi connectivity index (χ2n) is 2.81. The molecule has 0 aromatic rings. The molecule has 0 fully saturated rings. The molecule has 0 aromatic carbocycles. The minimum atomic E-state index is -0.600. The van der Waals surface area contributed by atoms with Gasteiger partial charge in [0.25, 0.3) is 0 Å². The molecule has 0 saturated carbocycles. The van der Waals surface area contributed by atoms with Crippen LogP contribution in [0.2, 0.25) is 0 Å². The SMILES string of the molecule is C=COCCOC(=O)C1=CC=CCC1=O. The van der Waals surface area contributed by atoms with Gasteiger partial charge in [0.2, 0.25) is 0 Å². The van der Waals surface area contributed by atoms with E-state index in [-0.39, 0.29) is 31.0 Å². The van der Waals surface area contributed by atoms with Crippen molar-refractivity contribution in [1.29, 1.82) is 0 Å². The Morgan fingerprint density at radius 2 is 2.33 bits per heavy atom. The Morgan fingerprint density at radius 1 is 1.53 bits per heavy atom. The molecule has 0 saturated heterocycles. The second kappa shape index (κ2) is 5.80. The number of allylic oxidation sites excluding steroid dienone is 3. The summed E-state index contributed by atoms with van der Waals surface area (Å²) < 4.78 is 9.59. The number of esters is 1. The van der Waals surface area contributed by atoms with E-state index in [9.17, 15) is 9.59 Å². The predicted octanol–water partition coefficient (Wildman–Crippen LogP) is 1.15. The molecule has 1 aliphatic carbocycles. The Labute approximate surface area is 87.9 Å².